The summed E-state index contributed by atoms with van der Waals surface area (Å²) in [5.41, 5.74) is 1.26. The highest BCUT2D eigenvalue weighted by molar-refractivity contribution is 5.84. The summed E-state index contributed by atoms with van der Waals surface area (Å²) >= 11 is 0. The largest absolute Gasteiger partial charge is 0.412 e. The Bertz CT molecular complexity index is 437. The van der Waals surface area contributed by atoms with Crippen molar-refractivity contribution in [1.29, 1.82) is 0 Å². The average molecular weight is 173 g/mol. The summed E-state index contributed by atoms with van der Waals surface area (Å²) in [5.74, 6) is 5.76. The van der Waals surface area contributed by atoms with Crippen LogP contribution in [0.2, 0.25) is 0 Å². The van der Waals surface area contributed by atoms with Crippen LogP contribution >= 0.6 is 0 Å². The van der Waals surface area contributed by atoms with Crippen LogP contribution in [0.25, 0.3) is 10.8 Å². The zero-order valence-electron chi connectivity index (χ0n) is 7.45. The Kier molecular flexibility index (Phi) is 1.91. The molecule has 2 aromatic rings. The van der Waals surface area contributed by atoms with Gasteiger partial charge in [-0.15, -0.1) is 0 Å². The lowest BCUT2D eigenvalue weighted by Crippen LogP contribution is -2.01. The molecule has 0 aromatic heterocycles. The second kappa shape index (κ2) is 3.07. The Labute approximate surface area is 76.9 Å². The highest BCUT2D eigenvalue weighted by Crippen LogP contribution is 2.20. The predicted molar refractivity (Wildman–Crippen MR) is 53.5 cm³/mol. The molecule has 2 heteroatoms. The maximum atomic E-state index is 5.07. The van der Waals surface area contributed by atoms with Crippen molar-refractivity contribution in [2.24, 2.45) is 5.90 Å². The van der Waals surface area contributed by atoms with E-state index in [0.29, 0.717) is 5.75 Å². The first-order valence-corrected chi connectivity index (χ1v) is 4.17. The number of hydrogen-bond acceptors (Lipinski definition) is 2. The molecule has 0 spiro atoms. The molecule has 2 nitrogen and oxygen atoms in total. The summed E-state index contributed by atoms with van der Waals surface area (Å²) in [4.78, 5) is 4.65. The SMILES string of the molecule is Cc1ccc2cc(ON)ccc2c1. The van der Waals surface area contributed by atoms with Crippen LogP contribution in [0.5, 0.6) is 5.75 Å². The molecule has 2 N–H and O–H groups in total. The van der Waals surface area contributed by atoms with Gasteiger partial charge < -0.3 is 4.84 Å². The van der Waals surface area contributed by atoms with Gasteiger partial charge in [0, 0.05) is 0 Å². The van der Waals surface area contributed by atoms with Gasteiger partial charge in [0.15, 0.2) is 0 Å². The Balaban J connectivity index is 2.66. The number of hydrogen-bond donors (Lipinski definition) is 1. The third kappa shape index (κ3) is 1.48. The molecule has 2 aromatic carbocycles. The van der Waals surface area contributed by atoms with E-state index in [1.807, 2.05) is 18.2 Å². The van der Waals surface area contributed by atoms with Crippen LogP contribution in [0.4, 0.5) is 0 Å². The van der Waals surface area contributed by atoms with Gasteiger partial charge in [-0.1, -0.05) is 29.8 Å². The molecule has 0 fully saturated rings. The van der Waals surface area contributed by atoms with E-state index in [1.165, 1.54) is 10.9 Å². The molecule has 0 radical (unpaired) electrons. The first-order valence-electron chi connectivity index (χ1n) is 4.17. The van der Waals surface area contributed by atoms with E-state index in [4.69, 9.17) is 5.90 Å². The van der Waals surface area contributed by atoms with E-state index in [9.17, 15) is 0 Å². The summed E-state index contributed by atoms with van der Waals surface area (Å²) < 4.78 is 0. The molecule has 66 valence electrons. The van der Waals surface area contributed by atoms with Gasteiger partial charge in [-0.2, -0.15) is 5.90 Å². The number of rotatable bonds is 1. The quantitative estimate of drug-likeness (QED) is 0.672. The Morgan fingerprint density at radius 2 is 1.69 bits per heavy atom. The molecule has 0 aliphatic rings. The molecular formula is C11H11NO. The van der Waals surface area contributed by atoms with Crippen LogP contribution < -0.4 is 10.7 Å². The van der Waals surface area contributed by atoms with Gasteiger partial charge in [0.1, 0.15) is 5.75 Å². The van der Waals surface area contributed by atoms with E-state index >= 15 is 0 Å². The highest BCUT2D eigenvalue weighted by Gasteiger charge is 1.96. The molecule has 13 heavy (non-hydrogen) atoms. The third-order valence-electron chi connectivity index (χ3n) is 2.10. The van der Waals surface area contributed by atoms with Gasteiger partial charge in [-0.3, -0.25) is 0 Å². The molecule has 0 amide bonds. The molecular weight excluding hydrogens is 162 g/mol. The molecule has 0 aliphatic carbocycles. The van der Waals surface area contributed by atoms with Crippen LogP contribution in [-0.4, -0.2) is 0 Å². The molecule has 0 saturated heterocycles. The minimum absolute atomic E-state index is 0.691. The van der Waals surface area contributed by atoms with Crippen molar-refractivity contribution in [2.45, 2.75) is 6.92 Å². The summed E-state index contributed by atoms with van der Waals surface area (Å²) in [5, 5.41) is 2.36. The van der Waals surface area contributed by atoms with Crippen molar-refractivity contribution in [2.75, 3.05) is 0 Å². The lowest BCUT2D eigenvalue weighted by molar-refractivity contribution is 0.335. The molecule has 0 atom stereocenters. The van der Waals surface area contributed by atoms with Crippen LogP contribution in [-0.2, 0) is 0 Å². The molecule has 0 unspecified atom stereocenters. The van der Waals surface area contributed by atoms with Gasteiger partial charge in [0.05, 0.1) is 0 Å². The van der Waals surface area contributed by atoms with Crippen LogP contribution in [0, 0.1) is 6.92 Å². The van der Waals surface area contributed by atoms with Gasteiger partial charge in [-0.25, -0.2) is 0 Å². The van der Waals surface area contributed by atoms with Gasteiger partial charge in [-0.05, 0) is 29.8 Å². The van der Waals surface area contributed by atoms with E-state index < -0.39 is 0 Å². The highest BCUT2D eigenvalue weighted by atomic mass is 16.6. The Hall–Kier alpha value is -1.54. The van der Waals surface area contributed by atoms with E-state index in [-0.39, 0.29) is 0 Å². The second-order valence-corrected chi connectivity index (χ2v) is 3.13. The van der Waals surface area contributed by atoms with Crippen molar-refractivity contribution in [3.05, 3.63) is 42.0 Å². The van der Waals surface area contributed by atoms with E-state index in [1.54, 1.807) is 0 Å². The Morgan fingerprint density at radius 3 is 2.46 bits per heavy atom. The molecule has 0 bridgehead atoms. The van der Waals surface area contributed by atoms with Crippen molar-refractivity contribution in [3.8, 4) is 5.75 Å². The number of fused-ring (bicyclic) bond motifs is 1. The fraction of sp³-hybridized carbons (Fsp3) is 0.0909. The minimum atomic E-state index is 0.691. The third-order valence-corrected chi connectivity index (χ3v) is 2.10. The summed E-state index contributed by atoms with van der Waals surface area (Å²) in [6, 6.07) is 12.1. The zero-order chi connectivity index (χ0) is 9.26. The van der Waals surface area contributed by atoms with Crippen LogP contribution in [0.15, 0.2) is 36.4 Å². The van der Waals surface area contributed by atoms with Gasteiger partial charge >= 0.3 is 0 Å². The van der Waals surface area contributed by atoms with Gasteiger partial charge in [0.25, 0.3) is 0 Å². The van der Waals surface area contributed by atoms with Crippen molar-refractivity contribution in [3.63, 3.8) is 0 Å². The van der Waals surface area contributed by atoms with E-state index in [0.717, 1.165) is 5.39 Å². The molecule has 0 saturated carbocycles. The van der Waals surface area contributed by atoms with Crippen LogP contribution in [0.1, 0.15) is 5.56 Å². The van der Waals surface area contributed by atoms with Crippen molar-refractivity contribution in [1.82, 2.24) is 0 Å². The maximum absolute atomic E-state index is 5.07. The van der Waals surface area contributed by atoms with E-state index in [2.05, 4.69) is 30.0 Å². The summed E-state index contributed by atoms with van der Waals surface area (Å²) in [6.45, 7) is 2.08. The summed E-state index contributed by atoms with van der Waals surface area (Å²) in [6.07, 6.45) is 0. The number of nitrogens with two attached hydrogens (primary N) is 1. The minimum Gasteiger partial charge on any atom is -0.412 e. The normalized spacial score (nSPS) is 10.3. The van der Waals surface area contributed by atoms with Crippen molar-refractivity contribution < 1.29 is 4.84 Å². The maximum Gasteiger partial charge on any atom is 0.147 e. The number of benzene rings is 2. The monoisotopic (exact) mass is 173 g/mol. The lowest BCUT2D eigenvalue weighted by Gasteiger charge is -2.02. The standard InChI is InChI=1S/C11H11NO/c1-8-2-3-10-7-11(13-12)5-4-9(10)6-8/h2-7H,12H2,1H3. The Morgan fingerprint density at radius 1 is 1.00 bits per heavy atom. The number of aryl methyl sites for hydroxylation is 1. The topological polar surface area (TPSA) is 35.2 Å². The lowest BCUT2D eigenvalue weighted by atomic mass is 10.1. The predicted octanol–water partition coefficient (Wildman–Crippen LogP) is 2.40. The molecule has 0 heterocycles. The fourth-order valence-corrected chi connectivity index (χ4v) is 1.42. The average Bonchev–Trinajstić information content (AvgIpc) is 2.17. The first-order chi connectivity index (χ1) is 6.29. The van der Waals surface area contributed by atoms with Crippen LogP contribution in [0.3, 0.4) is 0 Å². The van der Waals surface area contributed by atoms with Gasteiger partial charge in [0.2, 0.25) is 0 Å². The summed E-state index contributed by atoms with van der Waals surface area (Å²) in [7, 11) is 0. The second-order valence-electron chi connectivity index (χ2n) is 3.13. The fourth-order valence-electron chi connectivity index (χ4n) is 1.42. The zero-order valence-corrected chi connectivity index (χ0v) is 7.45. The molecule has 2 rings (SSSR count). The first kappa shape index (κ1) is 8.08. The molecule has 0 aliphatic heterocycles. The smallest absolute Gasteiger partial charge is 0.147 e. The van der Waals surface area contributed by atoms with Crippen molar-refractivity contribution >= 4 is 10.8 Å².